The van der Waals surface area contributed by atoms with Gasteiger partial charge in [-0.1, -0.05) is 13.8 Å². The zero-order chi connectivity index (χ0) is 15.8. The SMILES string of the molecule is Cc1nn(C2CCS(=O)(=O)C2)c(C)c1CNC(C)C(C)C. The van der Waals surface area contributed by atoms with Crippen LogP contribution >= 0.6 is 0 Å². The summed E-state index contributed by atoms with van der Waals surface area (Å²) < 4.78 is 25.2. The molecule has 0 saturated carbocycles. The monoisotopic (exact) mass is 313 g/mol. The van der Waals surface area contributed by atoms with Crippen molar-refractivity contribution in [2.45, 2.75) is 59.7 Å². The third kappa shape index (κ3) is 3.66. The second-order valence-corrected chi connectivity index (χ2v) is 8.79. The first kappa shape index (κ1) is 16.5. The summed E-state index contributed by atoms with van der Waals surface area (Å²) in [6.45, 7) is 11.4. The molecular formula is C15H27N3O2S. The summed E-state index contributed by atoms with van der Waals surface area (Å²) in [7, 11) is -2.88. The van der Waals surface area contributed by atoms with Gasteiger partial charge in [0.1, 0.15) is 0 Å². The molecule has 1 fully saturated rings. The Morgan fingerprint density at radius 1 is 1.33 bits per heavy atom. The van der Waals surface area contributed by atoms with Gasteiger partial charge in [0.15, 0.2) is 9.84 Å². The van der Waals surface area contributed by atoms with Gasteiger partial charge in [-0.3, -0.25) is 4.68 Å². The van der Waals surface area contributed by atoms with Gasteiger partial charge >= 0.3 is 0 Å². The maximum absolute atomic E-state index is 11.7. The highest BCUT2D eigenvalue weighted by molar-refractivity contribution is 7.91. The van der Waals surface area contributed by atoms with Crippen molar-refractivity contribution >= 4 is 9.84 Å². The molecule has 1 aliphatic heterocycles. The average Bonchev–Trinajstić information content (AvgIpc) is 2.87. The third-order valence-electron chi connectivity index (χ3n) is 4.63. The van der Waals surface area contributed by atoms with Crippen LogP contribution in [-0.4, -0.2) is 35.7 Å². The van der Waals surface area contributed by atoms with Crippen LogP contribution in [0.4, 0.5) is 0 Å². The fraction of sp³-hybridized carbons (Fsp3) is 0.800. The lowest BCUT2D eigenvalue weighted by Crippen LogP contribution is -2.30. The van der Waals surface area contributed by atoms with Gasteiger partial charge in [0.2, 0.25) is 0 Å². The summed E-state index contributed by atoms with van der Waals surface area (Å²) in [5.41, 5.74) is 3.30. The molecule has 1 aliphatic rings. The van der Waals surface area contributed by atoms with Crippen LogP contribution in [0.2, 0.25) is 0 Å². The van der Waals surface area contributed by atoms with Crippen LogP contribution in [-0.2, 0) is 16.4 Å². The van der Waals surface area contributed by atoms with Crippen LogP contribution in [0.1, 0.15) is 50.2 Å². The van der Waals surface area contributed by atoms with E-state index in [4.69, 9.17) is 0 Å². The Kier molecular flexibility index (Phi) is 4.78. The molecule has 1 aromatic rings. The maximum atomic E-state index is 11.7. The van der Waals surface area contributed by atoms with E-state index in [-0.39, 0.29) is 17.5 Å². The van der Waals surface area contributed by atoms with Crippen LogP contribution in [0.5, 0.6) is 0 Å². The molecule has 2 atom stereocenters. The van der Waals surface area contributed by atoms with Crippen molar-refractivity contribution in [1.29, 1.82) is 0 Å². The van der Waals surface area contributed by atoms with Crippen molar-refractivity contribution in [1.82, 2.24) is 15.1 Å². The van der Waals surface area contributed by atoms with Crippen molar-refractivity contribution < 1.29 is 8.42 Å². The summed E-state index contributed by atoms with van der Waals surface area (Å²) in [4.78, 5) is 0. The Labute approximate surface area is 128 Å². The molecular weight excluding hydrogens is 286 g/mol. The smallest absolute Gasteiger partial charge is 0.152 e. The lowest BCUT2D eigenvalue weighted by atomic mass is 10.1. The zero-order valence-corrected chi connectivity index (χ0v) is 14.5. The minimum Gasteiger partial charge on any atom is -0.310 e. The van der Waals surface area contributed by atoms with E-state index in [1.54, 1.807) is 0 Å². The lowest BCUT2D eigenvalue weighted by molar-refractivity contribution is 0.424. The molecule has 0 aromatic carbocycles. The molecule has 6 heteroatoms. The molecule has 2 unspecified atom stereocenters. The number of hydrogen-bond donors (Lipinski definition) is 1. The van der Waals surface area contributed by atoms with Crippen LogP contribution in [0.15, 0.2) is 0 Å². The molecule has 0 radical (unpaired) electrons. The Balaban J connectivity index is 2.14. The number of sulfone groups is 1. The van der Waals surface area contributed by atoms with Crippen molar-refractivity contribution in [2.24, 2.45) is 5.92 Å². The van der Waals surface area contributed by atoms with Gasteiger partial charge in [-0.25, -0.2) is 8.42 Å². The molecule has 0 bridgehead atoms. The lowest BCUT2D eigenvalue weighted by Gasteiger charge is -2.18. The highest BCUT2D eigenvalue weighted by Gasteiger charge is 2.31. The number of aromatic nitrogens is 2. The van der Waals surface area contributed by atoms with E-state index in [1.165, 1.54) is 5.56 Å². The number of nitrogens with zero attached hydrogens (tertiary/aromatic N) is 2. The fourth-order valence-corrected chi connectivity index (χ4v) is 4.47. The highest BCUT2D eigenvalue weighted by atomic mass is 32.2. The van der Waals surface area contributed by atoms with Crippen LogP contribution in [0.3, 0.4) is 0 Å². The van der Waals surface area contributed by atoms with Crippen LogP contribution in [0.25, 0.3) is 0 Å². The van der Waals surface area contributed by atoms with E-state index in [1.807, 2.05) is 18.5 Å². The molecule has 120 valence electrons. The quantitative estimate of drug-likeness (QED) is 0.903. The molecule has 21 heavy (non-hydrogen) atoms. The average molecular weight is 313 g/mol. The standard InChI is InChI=1S/C15H27N3O2S/c1-10(2)11(3)16-8-15-12(4)17-18(13(15)5)14-6-7-21(19,20)9-14/h10-11,14,16H,6-9H2,1-5H3. The van der Waals surface area contributed by atoms with E-state index in [9.17, 15) is 8.42 Å². The predicted molar refractivity (Wildman–Crippen MR) is 85.1 cm³/mol. The summed E-state index contributed by atoms with van der Waals surface area (Å²) in [5.74, 6) is 1.10. The molecule has 0 amide bonds. The number of hydrogen-bond acceptors (Lipinski definition) is 4. The van der Waals surface area contributed by atoms with E-state index in [0.29, 0.717) is 18.4 Å². The fourth-order valence-electron chi connectivity index (χ4n) is 2.78. The molecule has 2 heterocycles. The van der Waals surface area contributed by atoms with Crippen LogP contribution in [0, 0.1) is 19.8 Å². The van der Waals surface area contributed by atoms with Gasteiger partial charge in [0, 0.05) is 23.8 Å². The number of rotatable bonds is 5. The maximum Gasteiger partial charge on any atom is 0.152 e. The van der Waals surface area contributed by atoms with Crippen molar-refractivity contribution in [3.05, 3.63) is 17.0 Å². The Bertz CT molecular complexity index is 605. The Morgan fingerprint density at radius 2 is 2.00 bits per heavy atom. The molecule has 2 rings (SSSR count). The minimum atomic E-state index is -2.88. The summed E-state index contributed by atoms with van der Waals surface area (Å²) in [6, 6.07) is 0.448. The molecule has 1 saturated heterocycles. The van der Waals surface area contributed by atoms with E-state index < -0.39 is 9.84 Å². The van der Waals surface area contributed by atoms with Gasteiger partial charge in [-0.2, -0.15) is 5.10 Å². The van der Waals surface area contributed by atoms with Crippen molar-refractivity contribution in [2.75, 3.05) is 11.5 Å². The van der Waals surface area contributed by atoms with Crippen molar-refractivity contribution in [3.8, 4) is 0 Å². The number of nitrogens with one attached hydrogen (secondary N) is 1. The van der Waals surface area contributed by atoms with E-state index in [0.717, 1.165) is 17.9 Å². The summed E-state index contributed by atoms with van der Waals surface area (Å²) in [5, 5.41) is 8.12. The molecule has 5 nitrogen and oxygen atoms in total. The first-order valence-corrected chi connectivity index (χ1v) is 9.52. The van der Waals surface area contributed by atoms with Gasteiger partial charge in [0.25, 0.3) is 0 Å². The van der Waals surface area contributed by atoms with Crippen molar-refractivity contribution in [3.63, 3.8) is 0 Å². The van der Waals surface area contributed by atoms with Crippen LogP contribution < -0.4 is 5.32 Å². The second-order valence-electron chi connectivity index (χ2n) is 6.56. The van der Waals surface area contributed by atoms with Gasteiger partial charge in [0.05, 0.1) is 23.2 Å². The molecule has 1 N–H and O–H groups in total. The summed E-state index contributed by atoms with van der Waals surface area (Å²) >= 11 is 0. The van der Waals surface area contributed by atoms with Gasteiger partial charge < -0.3 is 5.32 Å². The van der Waals surface area contributed by atoms with E-state index >= 15 is 0 Å². The highest BCUT2D eigenvalue weighted by Crippen LogP contribution is 2.26. The Hall–Kier alpha value is -0.880. The van der Waals surface area contributed by atoms with Gasteiger partial charge in [-0.15, -0.1) is 0 Å². The Morgan fingerprint density at radius 3 is 2.52 bits per heavy atom. The topological polar surface area (TPSA) is 64.0 Å². The predicted octanol–water partition coefficient (Wildman–Crippen LogP) is 1.99. The molecule has 0 aliphatic carbocycles. The first-order valence-electron chi connectivity index (χ1n) is 7.69. The molecule has 1 aromatic heterocycles. The minimum absolute atomic E-state index is 0.00460. The third-order valence-corrected chi connectivity index (χ3v) is 6.38. The first-order chi connectivity index (χ1) is 9.71. The van der Waals surface area contributed by atoms with Gasteiger partial charge in [-0.05, 0) is 33.1 Å². The largest absolute Gasteiger partial charge is 0.310 e. The number of aryl methyl sites for hydroxylation is 1. The zero-order valence-electron chi connectivity index (χ0n) is 13.7. The van der Waals surface area contributed by atoms with E-state index in [2.05, 4.69) is 31.2 Å². The normalized spacial score (nSPS) is 22.9. The molecule has 0 spiro atoms. The second kappa shape index (κ2) is 6.08. The summed E-state index contributed by atoms with van der Waals surface area (Å²) in [6.07, 6.45) is 0.680.